The zero-order valence-electron chi connectivity index (χ0n) is 16.0. The van der Waals surface area contributed by atoms with E-state index in [1.807, 2.05) is 39.0 Å². The van der Waals surface area contributed by atoms with Gasteiger partial charge in [-0.25, -0.2) is 14.8 Å². The molecule has 2 aromatic rings. The van der Waals surface area contributed by atoms with Crippen LogP contribution in [0.5, 0.6) is 0 Å². The van der Waals surface area contributed by atoms with Crippen LogP contribution in [0.1, 0.15) is 20.8 Å². The molecular formula is C19H26N6O2. The molecule has 0 saturated carbocycles. The summed E-state index contributed by atoms with van der Waals surface area (Å²) < 4.78 is 5.45. The Labute approximate surface area is 159 Å². The van der Waals surface area contributed by atoms with Gasteiger partial charge in [-0.3, -0.25) is 0 Å². The average molecular weight is 370 g/mol. The van der Waals surface area contributed by atoms with Crippen LogP contribution in [0.3, 0.4) is 0 Å². The van der Waals surface area contributed by atoms with Gasteiger partial charge in [0.15, 0.2) is 0 Å². The number of rotatable bonds is 3. The highest BCUT2D eigenvalue weighted by Crippen LogP contribution is 2.28. The molecule has 1 fully saturated rings. The zero-order valence-corrected chi connectivity index (χ0v) is 16.0. The molecule has 2 heterocycles. The van der Waals surface area contributed by atoms with Gasteiger partial charge in [0.2, 0.25) is 0 Å². The van der Waals surface area contributed by atoms with Crippen LogP contribution in [0.25, 0.3) is 0 Å². The van der Waals surface area contributed by atoms with E-state index in [1.54, 1.807) is 17.2 Å². The van der Waals surface area contributed by atoms with Gasteiger partial charge in [-0.2, -0.15) is 0 Å². The second kappa shape index (κ2) is 7.69. The molecule has 1 aliphatic heterocycles. The number of carbonyl (C=O) groups excluding carboxylic acids is 1. The van der Waals surface area contributed by atoms with Crippen molar-refractivity contribution in [2.45, 2.75) is 26.4 Å². The number of hydrogen-bond donors (Lipinski definition) is 2. The van der Waals surface area contributed by atoms with Crippen LogP contribution in [-0.2, 0) is 4.74 Å². The van der Waals surface area contributed by atoms with Crippen LogP contribution < -0.4 is 16.0 Å². The highest BCUT2D eigenvalue weighted by molar-refractivity contribution is 5.76. The number of aromatic nitrogens is 2. The molecule has 0 atom stereocenters. The molecule has 8 nitrogen and oxygen atoms in total. The molecule has 1 aromatic carbocycles. The fraction of sp³-hybridized carbons (Fsp3) is 0.421. The van der Waals surface area contributed by atoms with Crippen LogP contribution >= 0.6 is 0 Å². The van der Waals surface area contributed by atoms with Gasteiger partial charge < -0.3 is 25.6 Å². The number of anilines is 4. The van der Waals surface area contributed by atoms with Crippen LogP contribution in [0.2, 0.25) is 0 Å². The number of hydrogen-bond acceptors (Lipinski definition) is 7. The Hall–Kier alpha value is -3.03. The average Bonchev–Trinajstić information content (AvgIpc) is 2.63. The van der Waals surface area contributed by atoms with Gasteiger partial charge in [0.05, 0.1) is 11.4 Å². The van der Waals surface area contributed by atoms with E-state index in [0.717, 1.165) is 24.5 Å². The Balaban J connectivity index is 1.64. The van der Waals surface area contributed by atoms with Crippen LogP contribution in [0.4, 0.5) is 27.7 Å². The lowest BCUT2D eigenvalue weighted by Crippen LogP contribution is -2.50. The van der Waals surface area contributed by atoms with Crippen molar-refractivity contribution in [2.75, 3.05) is 42.1 Å². The smallest absolute Gasteiger partial charge is 0.410 e. The monoisotopic (exact) mass is 370 g/mol. The molecule has 0 aliphatic carbocycles. The van der Waals surface area contributed by atoms with E-state index in [2.05, 4.69) is 20.2 Å². The molecule has 0 unspecified atom stereocenters. The van der Waals surface area contributed by atoms with Crippen molar-refractivity contribution in [3.63, 3.8) is 0 Å². The predicted molar refractivity (Wildman–Crippen MR) is 106 cm³/mol. The summed E-state index contributed by atoms with van der Waals surface area (Å²) in [5.41, 5.74) is 8.10. The second-order valence-corrected chi connectivity index (χ2v) is 7.45. The summed E-state index contributed by atoms with van der Waals surface area (Å²) in [5, 5.41) is 3.22. The molecule has 1 aliphatic rings. The molecule has 1 saturated heterocycles. The molecule has 3 N–H and O–H groups in total. The van der Waals surface area contributed by atoms with Gasteiger partial charge in [0.1, 0.15) is 17.7 Å². The lowest BCUT2D eigenvalue weighted by atomic mass is 10.2. The predicted octanol–water partition coefficient (Wildman–Crippen LogP) is 2.86. The fourth-order valence-electron chi connectivity index (χ4n) is 2.83. The normalized spacial score (nSPS) is 14.8. The van der Waals surface area contributed by atoms with Crippen molar-refractivity contribution in [2.24, 2.45) is 0 Å². The SMILES string of the molecule is CC(C)(C)OC(=O)N1CCN(c2ccc(N)c(Nc3ccncn3)c2)CC1. The van der Waals surface area contributed by atoms with E-state index in [4.69, 9.17) is 10.5 Å². The number of nitrogens with zero attached hydrogens (tertiary/aromatic N) is 4. The highest BCUT2D eigenvalue weighted by Gasteiger charge is 2.26. The topological polar surface area (TPSA) is 96.6 Å². The summed E-state index contributed by atoms with van der Waals surface area (Å²) in [6.07, 6.45) is 2.90. The van der Waals surface area contributed by atoms with E-state index in [0.29, 0.717) is 24.6 Å². The van der Waals surface area contributed by atoms with E-state index in [1.165, 1.54) is 6.33 Å². The maximum atomic E-state index is 12.2. The Bertz CT molecular complexity index is 783. The Morgan fingerprint density at radius 1 is 1.19 bits per heavy atom. The Morgan fingerprint density at radius 2 is 1.93 bits per heavy atom. The third-order valence-electron chi connectivity index (χ3n) is 4.18. The number of piperazine rings is 1. The maximum Gasteiger partial charge on any atom is 0.410 e. The van der Waals surface area contributed by atoms with E-state index in [-0.39, 0.29) is 6.09 Å². The minimum absolute atomic E-state index is 0.259. The summed E-state index contributed by atoms with van der Waals surface area (Å²) in [6, 6.07) is 7.65. The first kappa shape index (κ1) is 18.8. The lowest BCUT2D eigenvalue weighted by Gasteiger charge is -2.37. The van der Waals surface area contributed by atoms with Gasteiger partial charge in [0.25, 0.3) is 0 Å². The molecule has 3 rings (SSSR count). The van der Waals surface area contributed by atoms with Crippen molar-refractivity contribution < 1.29 is 9.53 Å². The number of ether oxygens (including phenoxy) is 1. The largest absolute Gasteiger partial charge is 0.444 e. The van der Waals surface area contributed by atoms with E-state index < -0.39 is 5.60 Å². The molecule has 0 spiro atoms. The first-order valence-electron chi connectivity index (χ1n) is 8.97. The maximum absolute atomic E-state index is 12.2. The van der Waals surface area contributed by atoms with E-state index in [9.17, 15) is 4.79 Å². The number of amides is 1. The molecule has 8 heteroatoms. The summed E-state index contributed by atoms with van der Waals surface area (Å²) in [7, 11) is 0. The number of nitrogens with one attached hydrogen (secondary N) is 1. The van der Waals surface area contributed by atoms with Crippen LogP contribution in [-0.4, -0.2) is 52.7 Å². The number of nitrogens with two attached hydrogens (primary N) is 1. The zero-order chi connectivity index (χ0) is 19.4. The number of carbonyl (C=O) groups is 1. The third kappa shape index (κ3) is 4.99. The van der Waals surface area contributed by atoms with Gasteiger partial charge in [-0.1, -0.05) is 0 Å². The van der Waals surface area contributed by atoms with Gasteiger partial charge >= 0.3 is 6.09 Å². The van der Waals surface area contributed by atoms with Crippen molar-refractivity contribution in [3.05, 3.63) is 36.8 Å². The fourth-order valence-corrected chi connectivity index (χ4v) is 2.83. The van der Waals surface area contributed by atoms with Crippen molar-refractivity contribution >= 4 is 29.0 Å². The molecule has 27 heavy (non-hydrogen) atoms. The molecule has 144 valence electrons. The first-order valence-corrected chi connectivity index (χ1v) is 8.97. The second-order valence-electron chi connectivity index (χ2n) is 7.45. The van der Waals surface area contributed by atoms with E-state index >= 15 is 0 Å². The number of benzene rings is 1. The summed E-state index contributed by atoms with van der Waals surface area (Å²) in [4.78, 5) is 24.3. The Morgan fingerprint density at radius 3 is 2.56 bits per heavy atom. The summed E-state index contributed by atoms with van der Waals surface area (Å²) >= 11 is 0. The van der Waals surface area contributed by atoms with Crippen molar-refractivity contribution in [3.8, 4) is 0 Å². The summed E-state index contributed by atoms with van der Waals surface area (Å²) in [6.45, 7) is 8.33. The quantitative estimate of drug-likeness (QED) is 0.802. The molecule has 0 bridgehead atoms. The third-order valence-corrected chi connectivity index (χ3v) is 4.18. The molecule has 1 amide bonds. The van der Waals surface area contributed by atoms with Gasteiger partial charge in [0, 0.05) is 38.1 Å². The standard InChI is InChI=1S/C19H26N6O2/c1-19(2,3)27-18(26)25-10-8-24(9-11-25)14-4-5-15(20)16(12-14)23-17-6-7-21-13-22-17/h4-7,12-13H,8-11,20H2,1-3H3,(H,21,22,23). The van der Waals surface area contributed by atoms with Gasteiger partial charge in [-0.15, -0.1) is 0 Å². The lowest BCUT2D eigenvalue weighted by molar-refractivity contribution is 0.0240. The van der Waals surface area contributed by atoms with Crippen LogP contribution in [0.15, 0.2) is 36.8 Å². The van der Waals surface area contributed by atoms with Crippen LogP contribution in [0, 0.1) is 0 Å². The molecule has 1 aromatic heterocycles. The molecular weight excluding hydrogens is 344 g/mol. The number of nitrogen functional groups attached to an aromatic ring is 1. The summed E-state index contributed by atoms with van der Waals surface area (Å²) in [5.74, 6) is 0.684. The Kier molecular flexibility index (Phi) is 5.34. The minimum Gasteiger partial charge on any atom is -0.444 e. The molecule has 0 radical (unpaired) electrons. The van der Waals surface area contributed by atoms with Crippen molar-refractivity contribution in [1.29, 1.82) is 0 Å². The highest BCUT2D eigenvalue weighted by atomic mass is 16.6. The van der Waals surface area contributed by atoms with Gasteiger partial charge in [-0.05, 0) is 45.0 Å². The van der Waals surface area contributed by atoms with Crippen molar-refractivity contribution in [1.82, 2.24) is 14.9 Å². The minimum atomic E-state index is -0.479. The first-order chi connectivity index (χ1) is 12.8.